The number of carbonyl (C=O) groups excluding carboxylic acids is 2. The molecular weight excluding hydrogens is 557 g/mol. The van der Waals surface area contributed by atoms with Crippen molar-refractivity contribution in [2.45, 2.75) is 69.1 Å². The number of aliphatic hydroxyl groups is 4. The Kier molecular flexibility index (Phi) is 11.3. The third-order valence-electron chi connectivity index (χ3n) is 7.49. The van der Waals surface area contributed by atoms with E-state index in [2.05, 4.69) is 15.8 Å². The highest BCUT2D eigenvalue weighted by Gasteiger charge is 2.50. The second kappa shape index (κ2) is 14.9. The van der Waals surface area contributed by atoms with Crippen LogP contribution in [0.1, 0.15) is 42.6 Å². The van der Waals surface area contributed by atoms with E-state index in [9.17, 15) is 24.9 Å². The fourth-order valence-corrected chi connectivity index (χ4v) is 5.17. The predicted molar refractivity (Wildman–Crippen MR) is 158 cm³/mol. The minimum absolute atomic E-state index is 0.0917. The van der Waals surface area contributed by atoms with Crippen LogP contribution in [0.3, 0.4) is 0 Å². The minimum Gasteiger partial charge on any atom is -0.407 e. The van der Waals surface area contributed by atoms with E-state index in [1.807, 2.05) is 50.2 Å². The van der Waals surface area contributed by atoms with Crippen molar-refractivity contribution in [1.82, 2.24) is 10.6 Å². The Morgan fingerprint density at radius 1 is 1.07 bits per heavy atom. The van der Waals surface area contributed by atoms with Crippen LogP contribution in [-0.2, 0) is 25.4 Å². The summed E-state index contributed by atoms with van der Waals surface area (Å²) in [5.41, 5.74) is 0.465. The highest BCUT2D eigenvalue weighted by atomic mass is 16.7. The summed E-state index contributed by atoms with van der Waals surface area (Å²) in [4.78, 5) is 32.5. The molecule has 2 aliphatic heterocycles. The lowest BCUT2D eigenvalue weighted by atomic mass is 9.73. The van der Waals surface area contributed by atoms with E-state index in [1.165, 1.54) is 0 Å². The number of rotatable bonds is 14. The third kappa shape index (κ3) is 8.40. The molecule has 232 valence electrons. The van der Waals surface area contributed by atoms with E-state index in [0.29, 0.717) is 17.7 Å². The van der Waals surface area contributed by atoms with Crippen molar-refractivity contribution in [2.24, 2.45) is 11.1 Å². The van der Waals surface area contributed by atoms with E-state index >= 15 is 0 Å². The maximum Gasteiger partial charge on any atom is 0.481 e. The summed E-state index contributed by atoms with van der Waals surface area (Å²) in [7, 11) is -0.954. The van der Waals surface area contributed by atoms with E-state index in [-0.39, 0.29) is 37.8 Å². The lowest BCUT2D eigenvalue weighted by Crippen LogP contribution is -2.57. The molecule has 0 bridgehead atoms. The molecule has 2 amide bonds. The molecule has 4 rings (SSSR count). The van der Waals surface area contributed by atoms with Crippen LogP contribution < -0.4 is 10.6 Å². The first-order valence-corrected chi connectivity index (χ1v) is 14.5. The Morgan fingerprint density at radius 3 is 2.40 bits per heavy atom. The van der Waals surface area contributed by atoms with Crippen molar-refractivity contribution in [3.63, 3.8) is 0 Å². The van der Waals surface area contributed by atoms with Crippen molar-refractivity contribution < 1.29 is 44.2 Å². The molecule has 2 aliphatic rings. The highest BCUT2D eigenvalue weighted by molar-refractivity contribution is 6.47. The van der Waals surface area contributed by atoms with Crippen LogP contribution in [0.25, 0.3) is 0 Å². The van der Waals surface area contributed by atoms with Gasteiger partial charge in [0.25, 0.3) is 11.8 Å². The highest BCUT2D eigenvalue weighted by Crippen LogP contribution is 2.30. The van der Waals surface area contributed by atoms with Crippen LogP contribution in [0.15, 0.2) is 65.8 Å². The molecule has 0 aliphatic carbocycles. The zero-order valence-corrected chi connectivity index (χ0v) is 24.3. The Morgan fingerprint density at radius 2 is 1.74 bits per heavy atom. The molecule has 6 N–H and O–H groups in total. The zero-order valence-electron chi connectivity index (χ0n) is 24.3. The maximum absolute atomic E-state index is 14.0. The lowest BCUT2D eigenvalue weighted by molar-refractivity contribution is -0.144. The molecular formula is C30H40BN3O9. The molecule has 1 fully saturated rings. The zero-order chi connectivity index (χ0) is 31.0. The van der Waals surface area contributed by atoms with Crippen LogP contribution in [0.2, 0.25) is 0 Å². The van der Waals surface area contributed by atoms with Gasteiger partial charge in [0.1, 0.15) is 18.3 Å². The molecule has 2 heterocycles. The lowest BCUT2D eigenvalue weighted by Gasteiger charge is -2.30. The summed E-state index contributed by atoms with van der Waals surface area (Å²) in [6.45, 7) is 3.23. The molecule has 13 heteroatoms. The number of oxime groups is 1. The number of aliphatic hydroxyl groups excluding tert-OH is 4. The monoisotopic (exact) mass is 597 g/mol. The van der Waals surface area contributed by atoms with Crippen molar-refractivity contribution in [1.29, 1.82) is 0 Å². The third-order valence-corrected chi connectivity index (χ3v) is 7.49. The Balaban J connectivity index is 1.46. The van der Waals surface area contributed by atoms with Gasteiger partial charge in [-0.15, -0.1) is 0 Å². The largest absolute Gasteiger partial charge is 0.481 e. The average molecular weight is 597 g/mol. The van der Waals surface area contributed by atoms with E-state index in [1.54, 1.807) is 24.3 Å². The van der Waals surface area contributed by atoms with Crippen molar-refractivity contribution in [3.05, 3.63) is 71.8 Å². The van der Waals surface area contributed by atoms with Gasteiger partial charge in [-0.2, -0.15) is 0 Å². The molecule has 0 aromatic heterocycles. The van der Waals surface area contributed by atoms with Crippen molar-refractivity contribution in [2.75, 3.05) is 19.8 Å². The number of hydrogen-bond donors (Lipinski definition) is 6. The van der Waals surface area contributed by atoms with Crippen LogP contribution in [0, 0.1) is 5.92 Å². The molecule has 6 atom stereocenters. The van der Waals surface area contributed by atoms with Crippen LogP contribution >= 0.6 is 0 Å². The molecule has 43 heavy (non-hydrogen) atoms. The SMILES string of the molecule is CC(C)CC(NC(=O)C1(Cc2ccccc2)CC(CNC(=O)c2ccccc2)=NO1)B1OCC(C(O)C(O)C(O)CO)O1. The average Bonchev–Trinajstić information content (AvgIpc) is 3.68. The quantitative estimate of drug-likeness (QED) is 0.166. The Bertz CT molecular complexity index is 1240. The number of amides is 2. The smallest absolute Gasteiger partial charge is 0.407 e. The van der Waals surface area contributed by atoms with Gasteiger partial charge >= 0.3 is 7.12 Å². The number of nitrogens with one attached hydrogen (secondary N) is 2. The fourth-order valence-electron chi connectivity index (χ4n) is 5.17. The van der Waals surface area contributed by atoms with E-state index in [0.717, 1.165) is 5.56 Å². The molecule has 0 saturated carbocycles. The number of carbonyl (C=O) groups is 2. The van der Waals surface area contributed by atoms with E-state index in [4.69, 9.17) is 19.3 Å². The van der Waals surface area contributed by atoms with Gasteiger partial charge in [-0.25, -0.2) is 0 Å². The summed E-state index contributed by atoms with van der Waals surface area (Å²) in [5, 5.41) is 49.5. The van der Waals surface area contributed by atoms with Crippen molar-refractivity contribution >= 4 is 24.6 Å². The second-order valence-corrected chi connectivity index (χ2v) is 11.4. The topological polar surface area (TPSA) is 179 Å². The normalized spacial score (nSPS) is 22.8. The van der Waals surface area contributed by atoms with Crippen molar-refractivity contribution in [3.8, 4) is 0 Å². The second-order valence-electron chi connectivity index (χ2n) is 11.4. The van der Waals surface area contributed by atoms with Gasteiger partial charge in [0.05, 0.1) is 37.5 Å². The first-order valence-electron chi connectivity index (χ1n) is 14.5. The fraction of sp³-hybridized carbons (Fsp3) is 0.500. The van der Waals surface area contributed by atoms with Crippen LogP contribution in [0.5, 0.6) is 0 Å². The van der Waals surface area contributed by atoms with Gasteiger partial charge in [0.2, 0.25) is 5.60 Å². The molecule has 6 unspecified atom stereocenters. The molecule has 1 saturated heterocycles. The maximum atomic E-state index is 14.0. The van der Waals surface area contributed by atoms with E-state index < -0.39 is 55.6 Å². The molecule has 2 aromatic carbocycles. The van der Waals surface area contributed by atoms with Gasteiger partial charge in [-0.1, -0.05) is 67.5 Å². The molecule has 0 spiro atoms. The Hall–Kier alpha value is -3.33. The molecule has 0 radical (unpaired) electrons. The van der Waals surface area contributed by atoms with Crippen LogP contribution in [-0.4, -0.2) is 101 Å². The minimum atomic E-state index is -1.64. The number of benzene rings is 2. The van der Waals surface area contributed by atoms with Gasteiger partial charge < -0.3 is 45.2 Å². The molecule has 12 nitrogen and oxygen atoms in total. The first-order chi connectivity index (χ1) is 20.6. The predicted octanol–water partition coefficient (Wildman–Crippen LogP) is 0.223. The first kappa shape index (κ1) is 32.6. The van der Waals surface area contributed by atoms with Gasteiger partial charge in [-0.05, 0) is 30.0 Å². The van der Waals surface area contributed by atoms with Gasteiger partial charge in [0, 0.05) is 18.4 Å². The summed E-state index contributed by atoms with van der Waals surface area (Å²) in [6.07, 6.45) is -4.89. The van der Waals surface area contributed by atoms with Gasteiger partial charge in [-0.3, -0.25) is 9.59 Å². The standard InChI is InChI=1S/C30H40BN3O9/c1-19(2)13-25(31-41-18-24(42-31)27(38)26(37)23(36)17-35)33-29(40)30(14-20-9-5-3-6-10-20)15-22(34-43-30)16-32-28(39)21-11-7-4-8-12-21/h3-12,19,23-27,35-38H,13-18H2,1-2H3,(H,32,39)(H,33,40). The van der Waals surface area contributed by atoms with Gasteiger partial charge in [0.15, 0.2) is 0 Å². The Labute approximate surface area is 251 Å². The summed E-state index contributed by atoms with van der Waals surface area (Å²) < 4.78 is 11.7. The molecule has 2 aromatic rings. The number of nitrogens with zero attached hydrogens (tertiary/aromatic N) is 1. The number of hydrogen-bond acceptors (Lipinski definition) is 10. The van der Waals surface area contributed by atoms with Crippen LogP contribution in [0.4, 0.5) is 0 Å². The summed E-state index contributed by atoms with van der Waals surface area (Å²) in [5.74, 6) is -1.24. The summed E-state index contributed by atoms with van der Waals surface area (Å²) >= 11 is 0. The summed E-state index contributed by atoms with van der Waals surface area (Å²) in [6, 6.07) is 18.2.